The summed E-state index contributed by atoms with van der Waals surface area (Å²) < 4.78 is 5.05. The third-order valence-electron chi connectivity index (χ3n) is 2.56. The van der Waals surface area contributed by atoms with Crippen molar-refractivity contribution < 1.29 is 4.74 Å². The smallest absolute Gasteiger partial charge is 0.128 e. The van der Waals surface area contributed by atoms with Gasteiger partial charge >= 0.3 is 0 Å². The van der Waals surface area contributed by atoms with Crippen LogP contribution in [0.25, 0.3) is 0 Å². The normalized spacial score (nSPS) is 16.7. The highest BCUT2D eigenvalue weighted by Gasteiger charge is 2.10. The van der Waals surface area contributed by atoms with Crippen molar-refractivity contribution >= 4 is 5.82 Å². The number of aromatic nitrogens is 1. The summed E-state index contributed by atoms with van der Waals surface area (Å²) in [5, 5.41) is 3.33. The van der Waals surface area contributed by atoms with Crippen LogP contribution in [0.5, 0.6) is 0 Å². The number of hydrogen-bond acceptors (Lipinski definition) is 4. The zero-order valence-electron chi connectivity index (χ0n) is 9.07. The van der Waals surface area contributed by atoms with Crippen LogP contribution in [0.1, 0.15) is 5.56 Å². The van der Waals surface area contributed by atoms with Crippen molar-refractivity contribution in [2.24, 2.45) is 0 Å². The second-order valence-electron chi connectivity index (χ2n) is 3.69. The van der Waals surface area contributed by atoms with Crippen LogP contribution < -0.4 is 10.2 Å². The van der Waals surface area contributed by atoms with Gasteiger partial charge in [-0.25, -0.2) is 4.98 Å². The fourth-order valence-corrected chi connectivity index (χ4v) is 1.75. The summed E-state index contributed by atoms with van der Waals surface area (Å²) in [4.78, 5) is 6.74. The molecule has 0 unspecified atom stereocenters. The Morgan fingerprint density at radius 2 is 2.20 bits per heavy atom. The molecule has 1 aromatic rings. The van der Waals surface area contributed by atoms with Crippen molar-refractivity contribution in [2.45, 2.75) is 6.61 Å². The molecule has 82 valence electrons. The van der Waals surface area contributed by atoms with Gasteiger partial charge < -0.3 is 15.0 Å². The lowest BCUT2D eigenvalue weighted by Gasteiger charge is -2.28. The number of rotatable bonds is 3. The fraction of sp³-hybridized carbons (Fsp3) is 0.545. The number of piperazine rings is 1. The minimum atomic E-state index is 0.634. The SMILES string of the molecule is COCc1ccc(N2CCNCC2)nc1. The molecule has 1 saturated heterocycles. The molecule has 4 nitrogen and oxygen atoms in total. The third kappa shape index (κ3) is 2.67. The first-order valence-electron chi connectivity index (χ1n) is 5.29. The second-order valence-corrected chi connectivity index (χ2v) is 3.69. The van der Waals surface area contributed by atoms with Crippen molar-refractivity contribution in [3.05, 3.63) is 23.9 Å². The van der Waals surface area contributed by atoms with Gasteiger partial charge in [-0.1, -0.05) is 6.07 Å². The molecule has 0 aliphatic carbocycles. The average molecular weight is 207 g/mol. The molecule has 0 radical (unpaired) electrons. The van der Waals surface area contributed by atoms with Gasteiger partial charge in [0.15, 0.2) is 0 Å². The zero-order chi connectivity index (χ0) is 10.5. The fourth-order valence-electron chi connectivity index (χ4n) is 1.75. The summed E-state index contributed by atoms with van der Waals surface area (Å²) in [6.45, 7) is 4.80. The molecule has 0 spiro atoms. The van der Waals surface area contributed by atoms with Gasteiger partial charge in [0.1, 0.15) is 5.82 Å². The number of nitrogens with zero attached hydrogens (tertiary/aromatic N) is 2. The molecule has 1 aliphatic rings. The number of methoxy groups -OCH3 is 1. The summed E-state index contributed by atoms with van der Waals surface area (Å²) >= 11 is 0. The lowest BCUT2D eigenvalue weighted by atomic mass is 10.3. The summed E-state index contributed by atoms with van der Waals surface area (Å²) in [7, 11) is 1.70. The Hall–Kier alpha value is -1.13. The molecule has 15 heavy (non-hydrogen) atoms. The Balaban J connectivity index is 2.02. The number of anilines is 1. The van der Waals surface area contributed by atoms with E-state index in [0.717, 1.165) is 37.6 Å². The summed E-state index contributed by atoms with van der Waals surface area (Å²) in [5.74, 6) is 1.07. The summed E-state index contributed by atoms with van der Waals surface area (Å²) in [6.07, 6.45) is 1.89. The number of nitrogens with one attached hydrogen (secondary N) is 1. The van der Waals surface area contributed by atoms with Crippen molar-refractivity contribution in [1.82, 2.24) is 10.3 Å². The van der Waals surface area contributed by atoms with Crippen molar-refractivity contribution in [3.8, 4) is 0 Å². The molecule has 0 saturated carbocycles. The summed E-state index contributed by atoms with van der Waals surface area (Å²) in [5.41, 5.74) is 1.12. The predicted molar refractivity (Wildman–Crippen MR) is 60.0 cm³/mol. The Morgan fingerprint density at radius 3 is 2.80 bits per heavy atom. The highest BCUT2D eigenvalue weighted by Crippen LogP contribution is 2.12. The van der Waals surface area contributed by atoms with Crippen LogP contribution in [0.4, 0.5) is 5.82 Å². The van der Waals surface area contributed by atoms with Gasteiger partial charge in [0.2, 0.25) is 0 Å². The van der Waals surface area contributed by atoms with E-state index in [-0.39, 0.29) is 0 Å². The standard InChI is InChI=1S/C11H17N3O/c1-15-9-10-2-3-11(13-8-10)14-6-4-12-5-7-14/h2-3,8,12H,4-7,9H2,1H3. The van der Waals surface area contributed by atoms with Gasteiger partial charge in [-0.05, 0) is 11.6 Å². The van der Waals surface area contributed by atoms with Gasteiger partial charge in [-0.2, -0.15) is 0 Å². The highest BCUT2D eigenvalue weighted by molar-refractivity contribution is 5.39. The molecule has 4 heteroatoms. The molecule has 1 aliphatic heterocycles. The second kappa shape index (κ2) is 5.09. The van der Waals surface area contributed by atoms with Crippen LogP contribution in [0, 0.1) is 0 Å². The van der Waals surface area contributed by atoms with Crippen LogP contribution in [-0.4, -0.2) is 38.3 Å². The maximum Gasteiger partial charge on any atom is 0.128 e. The molecule has 1 N–H and O–H groups in total. The Bertz CT molecular complexity index is 293. The molecule has 0 bridgehead atoms. The average Bonchev–Trinajstić information content (AvgIpc) is 2.32. The van der Waals surface area contributed by atoms with E-state index < -0.39 is 0 Å². The third-order valence-corrected chi connectivity index (χ3v) is 2.56. The van der Waals surface area contributed by atoms with Crippen LogP contribution in [-0.2, 0) is 11.3 Å². The van der Waals surface area contributed by atoms with Crippen molar-refractivity contribution in [3.63, 3.8) is 0 Å². The van der Waals surface area contributed by atoms with Gasteiger partial charge in [0.05, 0.1) is 6.61 Å². The van der Waals surface area contributed by atoms with E-state index in [9.17, 15) is 0 Å². The van der Waals surface area contributed by atoms with Crippen LogP contribution in [0.2, 0.25) is 0 Å². The molecule has 0 aromatic carbocycles. The maximum atomic E-state index is 5.05. The van der Waals surface area contributed by atoms with Crippen LogP contribution in [0.3, 0.4) is 0 Å². The maximum absolute atomic E-state index is 5.05. The Labute approximate surface area is 90.3 Å². The number of hydrogen-bond donors (Lipinski definition) is 1. The van der Waals surface area contributed by atoms with Crippen LogP contribution >= 0.6 is 0 Å². The molecular weight excluding hydrogens is 190 g/mol. The first-order valence-corrected chi connectivity index (χ1v) is 5.29. The monoisotopic (exact) mass is 207 g/mol. The Kier molecular flexibility index (Phi) is 3.53. The van der Waals surface area contributed by atoms with Gasteiger partial charge in [0.25, 0.3) is 0 Å². The van der Waals surface area contributed by atoms with Gasteiger partial charge in [-0.3, -0.25) is 0 Å². The minimum absolute atomic E-state index is 0.634. The largest absolute Gasteiger partial charge is 0.380 e. The van der Waals surface area contributed by atoms with E-state index >= 15 is 0 Å². The zero-order valence-corrected chi connectivity index (χ0v) is 9.07. The van der Waals surface area contributed by atoms with E-state index in [1.54, 1.807) is 7.11 Å². The molecular formula is C11H17N3O. The molecule has 0 amide bonds. The van der Waals surface area contributed by atoms with E-state index in [4.69, 9.17) is 4.74 Å². The lowest BCUT2D eigenvalue weighted by Crippen LogP contribution is -2.43. The number of pyridine rings is 1. The van der Waals surface area contributed by atoms with E-state index in [2.05, 4.69) is 27.3 Å². The van der Waals surface area contributed by atoms with Crippen molar-refractivity contribution in [2.75, 3.05) is 38.2 Å². The topological polar surface area (TPSA) is 37.4 Å². The van der Waals surface area contributed by atoms with E-state index in [1.165, 1.54) is 0 Å². The molecule has 1 aromatic heterocycles. The van der Waals surface area contributed by atoms with Gasteiger partial charge in [0, 0.05) is 39.5 Å². The van der Waals surface area contributed by atoms with Gasteiger partial charge in [-0.15, -0.1) is 0 Å². The summed E-state index contributed by atoms with van der Waals surface area (Å²) in [6, 6.07) is 4.15. The predicted octanol–water partition coefficient (Wildman–Crippen LogP) is 0.638. The van der Waals surface area contributed by atoms with E-state index in [1.807, 2.05) is 6.20 Å². The van der Waals surface area contributed by atoms with Crippen LogP contribution in [0.15, 0.2) is 18.3 Å². The molecule has 1 fully saturated rings. The van der Waals surface area contributed by atoms with E-state index in [0.29, 0.717) is 6.61 Å². The van der Waals surface area contributed by atoms with Crippen molar-refractivity contribution in [1.29, 1.82) is 0 Å². The first kappa shape index (κ1) is 10.4. The number of ether oxygens (including phenoxy) is 1. The molecule has 2 rings (SSSR count). The lowest BCUT2D eigenvalue weighted by molar-refractivity contribution is 0.184. The molecule has 0 atom stereocenters. The first-order chi connectivity index (χ1) is 7.40. The minimum Gasteiger partial charge on any atom is -0.380 e. The molecule has 2 heterocycles. The quantitative estimate of drug-likeness (QED) is 0.789. The Morgan fingerprint density at radius 1 is 1.40 bits per heavy atom. The highest BCUT2D eigenvalue weighted by atomic mass is 16.5.